The molecule has 0 aromatic carbocycles. The zero-order valence-corrected chi connectivity index (χ0v) is 6.89. The Labute approximate surface area is 62.0 Å². The van der Waals surface area contributed by atoms with Crippen LogP contribution in [0.1, 0.15) is 33.6 Å². The Morgan fingerprint density at radius 3 is 2.50 bits per heavy atom. The molecule has 0 N–H and O–H groups in total. The number of hydrogen-bond donors (Lipinski definition) is 0. The SMILES string of the molecule is CC1=NN=C(CC(C)C)C1. The van der Waals surface area contributed by atoms with E-state index in [9.17, 15) is 0 Å². The second-order valence-electron chi connectivity index (χ2n) is 3.28. The van der Waals surface area contributed by atoms with Crippen molar-refractivity contribution in [3.8, 4) is 0 Å². The van der Waals surface area contributed by atoms with Crippen molar-refractivity contribution in [2.75, 3.05) is 0 Å². The molecular formula is C8H14N2. The van der Waals surface area contributed by atoms with Crippen molar-refractivity contribution >= 4 is 11.4 Å². The van der Waals surface area contributed by atoms with E-state index in [1.54, 1.807) is 0 Å². The van der Waals surface area contributed by atoms with Crippen LogP contribution >= 0.6 is 0 Å². The summed E-state index contributed by atoms with van der Waals surface area (Å²) in [5.74, 6) is 0.708. The van der Waals surface area contributed by atoms with Gasteiger partial charge in [-0.25, -0.2) is 0 Å². The molecule has 0 aliphatic carbocycles. The Hall–Kier alpha value is -0.660. The quantitative estimate of drug-likeness (QED) is 0.559. The van der Waals surface area contributed by atoms with Crippen LogP contribution in [0.15, 0.2) is 10.2 Å². The van der Waals surface area contributed by atoms with Crippen molar-refractivity contribution < 1.29 is 0 Å². The second-order valence-corrected chi connectivity index (χ2v) is 3.28. The molecule has 0 bridgehead atoms. The Balaban J connectivity index is 2.35. The molecule has 1 aliphatic heterocycles. The van der Waals surface area contributed by atoms with Gasteiger partial charge in [0.15, 0.2) is 0 Å². The maximum Gasteiger partial charge on any atom is 0.0465 e. The van der Waals surface area contributed by atoms with Gasteiger partial charge in [-0.05, 0) is 19.3 Å². The van der Waals surface area contributed by atoms with Gasteiger partial charge >= 0.3 is 0 Å². The number of rotatable bonds is 2. The summed E-state index contributed by atoms with van der Waals surface area (Å²) in [5, 5.41) is 8.04. The van der Waals surface area contributed by atoms with Gasteiger partial charge in [0.05, 0.1) is 0 Å². The fourth-order valence-corrected chi connectivity index (χ4v) is 1.11. The maximum absolute atomic E-state index is 4.06. The first-order valence-electron chi connectivity index (χ1n) is 3.77. The smallest absolute Gasteiger partial charge is 0.0465 e. The zero-order valence-electron chi connectivity index (χ0n) is 6.89. The van der Waals surface area contributed by atoms with Crippen LogP contribution in [0.5, 0.6) is 0 Å². The summed E-state index contributed by atoms with van der Waals surface area (Å²) in [7, 11) is 0. The van der Waals surface area contributed by atoms with E-state index >= 15 is 0 Å². The molecule has 0 unspecified atom stereocenters. The third-order valence-corrected chi connectivity index (χ3v) is 1.47. The summed E-state index contributed by atoms with van der Waals surface area (Å²) in [5.41, 5.74) is 2.39. The molecule has 1 rings (SSSR count). The third-order valence-electron chi connectivity index (χ3n) is 1.47. The van der Waals surface area contributed by atoms with Gasteiger partial charge in [-0.3, -0.25) is 0 Å². The van der Waals surface area contributed by atoms with E-state index in [1.807, 2.05) is 6.92 Å². The number of hydrogen-bond acceptors (Lipinski definition) is 2. The van der Waals surface area contributed by atoms with E-state index in [0.717, 1.165) is 18.6 Å². The fourth-order valence-electron chi connectivity index (χ4n) is 1.11. The topological polar surface area (TPSA) is 24.7 Å². The monoisotopic (exact) mass is 138 g/mol. The summed E-state index contributed by atoms with van der Waals surface area (Å²) < 4.78 is 0. The van der Waals surface area contributed by atoms with Crippen LogP contribution in [-0.4, -0.2) is 11.4 Å². The first-order valence-corrected chi connectivity index (χ1v) is 3.77. The van der Waals surface area contributed by atoms with E-state index in [4.69, 9.17) is 0 Å². The van der Waals surface area contributed by atoms with Gasteiger partial charge in [-0.1, -0.05) is 13.8 Å². The highest BCUT2D eigenvalue weighted by atomic mass is 15.2. The van der Waals surface area contributed by atoms with Crippen LogP contribution < -0.4 is 0 Å². The molecule has 0 saturated heterocycles. The Bertz CT molecular complexity index is 178. The van der Waals surface area contributed by atoms with Gasteiger partial charge in [0.1, 0.15) is 0 Å². The molecule has 0 atom stereocenters. The molecule has 1 aliphatic rings. The lowest BCUT2D eigenvalue weighted by molar-refractivity contribution is 0.681. The molecule has 0 aromatic heterocycles. The number of nitrogens with zero attached hydrogens (tertiary/aromatic N) is 2. The van der Waals surface area contributed by atoms with Crippen molar-refractivity contribution in [3.05, 3.63) is 0 Å². The molecule has 2 nitrogen and oxygen atoms in total. The normalized spacial score (nSPS) is 17.6. The maximum atomic E-state index is 4.06. The minimum absolute atomic E-state index is 0.708. The molecule has 0 radical (unpaired) electrons. The standard InChI is InChI=1S/C8H14N2/c1-6(2)4-8-5-7(3)9-10-8/h6H,4-5H2,1-3H3. The molecule has 0 fully saturated rings. The lowest BCUT2D eigenvalue weighted by Gasteiger charge is -2.01. The van der Waals surface area contributed by atoms with Crippen LogP contribution in [0.3, 0.4) is 0 Å². The van der Waals surface area contributed by atoms with Gasteiger partial charge in [0.2, 0.25) is 0 Å². The molecule has 1 heterocycles. The van der Waals surface area contributed by atoms with Crippen molar-refractivity contribution in [2.24, 2.45) is 16.1 Å². The Morgan fingerprint density at radius 2 is 2.10 bits per heavy atom. The third kappa shape index (κ3) is 1.94. The summed E-state index contributed by atoms with van der Waals surface area (Å²) in [4.78, 5) is 0. The Kier molecular flexibility index (Phi) is 2.20. The minimum atomic E-state index is 0.708. The fraction of sp³-hybridized carbons (Fsp3) is 0.750. The highest BCUT2D eigenvalue weighted by molar-refractivity contribution is 6.06. The predicted molar refractivity (Wildman–Crippen MR) is 44.6 cm³/mol. The second kappa shape index (κ2) is 2.95. The van der Waals surface area contributed by atoms with Crippen LogP contribution in [-0.2, 0) is 0 Å². The average molecular weight is 138 g/mol. The van der Waals surface area contributed by atoms with Crippen molar-refractivity contribution in [1.29, 1.82) is 0 Å². The first-order chi connectivity index (χ1) is 4.68. The predicted octanol–water partition coefficient (Wildman–Crippen LogP) is 2.25. The van der Waals surface area contributed by atoms with Crippen LogP contribution in [0.25, 0.3) is 0 Å². The molecular weight excluding hydrogens is 124 g/mol. The summed E-state index contributed by atoms with van der Waals surface area (Å²) in [6, 6.07) is 0. The van der Waals surface area contributed by atoms with Crippen LogP contribution in [0, 0.1) is 5.92 Å². The highest BCUT2D eigenvalue weighted by Crippen LogP contribution is 2.10. The summed E-state index contributed by atoms with van der Waals surface area (Å²) in [6.07, 6.45) is 2.10. The van der Waals surface area contributed by atoms with E-state index < -0.39 is 0 Å². The van der Waals surface area contributed by atoms with Gasteiger partial charge in [-0.15, -0.1) is 0 Å². The molecule has 10 heavy (non-hydrogen) atoms. The average Bonchev–Trinajstić information content (AvgIpc) is 2.13. The molecule has 0 aromatic rings. The van der Waals surface area contributed by atoms with E-state index in [0.29, 0.717) is 5.92 Å². The molecule has 0 saturated carbocycles. The molecule has 2 heteroatoms. The van der Waals surface area contributed by atoms with Crippen molar-refractivity contribution in [1.82, 2.24) is 0 Å². The van der Waals surface area contributed by atoms with Crippen LogP contribution in [0.4, 0.5) is 0 Å². The van der Waals surface area contributed by atoms with Crippen molar-refractivity contribution in [3.63, 3.8) is 0 Å². The summed E-state index contributed by atoms with van der Waals surface area (Å²) in [6.45, 7) is 6.43. The lowest BCUT2D eigenvalue weighted by Crippen LogP contribution is -2.02. The molecule has 56 valence electrons. The van der Waals surface area contributed by atoms with E-state index in [2.05, 4.69) is 24.1 Å². The van der Waals surface area contributed by atoms with Gasteiger partial charge < -0.3 is 0 Å². The lowest BCUT2D eigenvalue weighted by atomic mass is 10.0. The minimum Gasteiger partial charge on any atom is -0.160 e. The molecule has 0 amide bonds. The van der Waals surface area contributed by atoms with Gasteiger partial charge in [-0.2, -0.15) is 10.2 Å². The first kappa shape index (κ1) is 7.45. The zero-order chi connectivity index (χ0) is 7.56. The largest absolute Gasteiger partial charge is 0.160 e. The van der Waals surface area contributed by atoms with Gasteiger partial charge in [0.25, 0.3) is 0 Å². The summed E-state index contributed by atoms with van der Waals surface area (Å²) >= 11 is 0. The van der Waals surface area contributed by atoms with E-state index in [1.165, 1.54) is 5.71 Å². The van der Waals surface area contributed by atoms with Crippen molar-refractivity contribution in [2.45, 2.75) is 33.6 Å². The molecule has 0 spiro atoms. The van der Waals surface area contributed by atoms with Crippen LogP contribution in [0.2, 0.25) is 0 Å². The highest BCUT2D eigenvalue weighted by Gasteiger charge is 2.09. The van der Waals surface area contributed by atoms with E-state index in [-0.39, 0.29) is 0 Å². The Morgan fingerprint density at radius 1 is 1.40 bits per heavy atom. The van der Waals surface area contributed by atoms with Gasteiger partial charge in [0, 0.05) is 17.8 Å².